The monoisotopic (exact) mass is 508 g/mol. The lowest BCUT2D eigenvalue weighted by atomic mass is 10.0. The summed E-state index contributed by atoms with van der Waals surface area (Å²) in [6, 6.07) is 19.0. The van der Waals surface area contributed by atoms with E-state index in [-0.39, 0.29) is 13.2 Å². The van der Waals surface area contributed by atoms with E-state index in [1.165, 1.54) is 14.2 Å². The molecule has 0 unspecified atom stereocenters. The summed E-state index contributed by atoms with van der Waals surface area (Å²) in [6.07, 6.45) is -3.58. The van der Waals surface area contributed by atoms with E-state index in [1.54, 1.807) is 13.8 Å². The Morgan fingerprint density at radius 1 is 0.943 bits per heavy atom. The normalized spacial score (nSPS) is 27.5. The molecule has 0 amide bonds. The third kappa shape index (κ3) is 5.54. The zero-order valence-corrected chi connectivity index (χ0v) is 21.3. The van der Waals surface area contributed by atoms with Gasteiger partial charge in [0.2, 0.25) is 5.34 Å². The van der Waals surface area contributed by atoms with Gasteiger partial charge in [-0.05, 0) is 25.0 Å². The van der Waals surface area contributed by atoms with Crippen LogP contribution in [0.3, 0.4) is 0 Å². The Balaban J connectivity index is 1.61. The maximum absolute atomic E-state index is 13.7. The molecule has 192 valence electrons. The van der Waals surface area contributed by atoms with E-state index in [1.807, 2.05) is 60.7 Å². The predicted molar refractivity (Wildman–Crippen MR) is 126 cm³/mol. The fourth-order valence-corrected chi connectivity index (χ4v) is 5.95. The molecular weight excluding hydrogens is 475 g/mol. The molecule has 10 heteroatoms. The molecule has 0 aromatic heterocycles. The van der Waals surface area contributed by atoms with Crippen molar-refractivity contribution in [1.82, 2.24) is 0 Å². The standard InChI is InChI=1S/C25H33O9P/c1-24(2)33-21-20(31-16-19-13-9-6-10-14-19)22(32-23(21)34-24)25(26,35(27,28-3)29-4)17-30-15-18-11-7-5-8-12-18/h5-14,20-23,26H,15-17H2,1-4H3/t20-,21-,22-,23-,25+/m1/s1. The van der Waals surface area contributed by atoms with Crippen molar-refractivity contribution in [2.24, 2.45) is 0 Å². The van der Waals surface area contributed by atoms with Crippen molar-refractivity contribution in [3.63, 3.8) is 0 Å². The molecule has 35 heavy (non-hydrogen) atoms. The summed E-state index contributed by atoms with van der Waals surface area (Å²) >= 11 is 0. The quantitative estimate of drug-likeness (QED) is 0.454. The SMILES string of the molecule is COP(=O)(OC)[C@@](O)(COCc1ccccc1)[C@@H]1O[C@@H]2OC(C)(C)O[C@@H]2[C@H]1OCc1ccccc1. The predicted octanol–water partition coefficient (Wildman–Crippen LogP) is 3.84. The fourth-order valence-electron chi connectivity index (χ4n) is 4.40. The molecule has 2 aromatic rings. The second-order valence-electron chi connectivity index (χ2n) is 9.01. The molecule has 4 rings (SSSR count). The third-order valence-corrected chi connectivity index (χ3v) is 8.41. The Hall–Kier alpha value is -1.65. The van der Waals surface area contributed by atoms with E-state index < -0.39 is 49.9 Å². The summed E-state index contributed by atoms with van der Waals surface area (Å²) in [5.41, 5.74) is 1.80. The minimum Gasteiger partial charge on any atom is -0.374 e. The zero-order chi connectivity index (χ0) is 25.1. The summed E-state index contributed by atoms with van der Waals surface area (Å²) < 4.78 is 54.2. The van der Waals surface area contributed by atoms with Crippen molar-refractivity contribution in [3.8, 4) is 0 Å². The fraction of sp³-hybridized carbons (Fsp3) is 0.520. The Kier molecular flexibility index (Phi) is 8.12. The maximum atomic E-state index is 13.7. The molecule has 2 aromatic carbocycles. The van der Waals surface area contributed by atoms with Gasteiger partial charge >= 0.3 is 7.60 Å². The Bertz CT molecular complexity index is 995. The average Bonchev–Trinajstić information content (AvgIpc) is 3.35. The van der Waals surface area contributed by atoms with E-state index in [9.17, 15) is 9.67 Å². The molecule has 2 saturated heterocycles. The summed E-state index contributed by atoms with van der Waals surface area (Å²) in [7, 11) is -1.75. The first-order chi connectivity index (χ1) is 16.7. The van der Waals surface area contributed by atoms with E-state index >= 15 is 0 Å². The van der Waals surface area contributed by atoms with Crippen LogP contribution in [-0.4, -0.2) is 61.7 Å². The maximum Gasteiger partial charge on any atom is 0.366 e. The van der Waals surface area contributed by atoms with Crippen LogP contribution in [-0.2, 0) is 50.5 Å². The van der Waals surface area contributed by atoms with Crippen molar-refractivity contribution in [2.45, 2.75) is 62.8 Å². The summed E-state index contributed by atoms with van der Waals surface area (Å²) in [5.74, 6) is -0.914. The lowest BCUT2D eigenvalue weighted by Crippen LogP contribution is -2.54. The molecule has 5 atom stereocenters. The molecule has 2 heterocycles. The molecule has 0 bridgehead atoms. The van der Waals surface area contributed by atoms with E-state index in [0.29, 0.717) is 0 Å². The van der Waals surface area contributed by atoms with Crippen molar-refractivity contribution in [2.75, 3.05) is 20.8 Å². The molecule has 2 aliphatic rings. The highest BCUT2D eigenvalue weighted by atomic mass is 31.2. The van der Waals surface area contributed by atoms with Gasteiger partial charge in [0.1, 0.15) is 18.3 Å². The smallest absolute Gasteiger partial charge is 0.366 e. The molecule has 2 aliphatic heterocycles. The molecule has 2 fully saturated rings. The van der Waals surface area contributed by atoms with Crippen LogP contribution in [0.25, 0.3) is 0 Å². The van der Waals surface area contributed by atoms with Gasteiger partial charge in [-0.15, -0.1) is 0 Å². The summed E-state index contributed by atoms with van der Waals surface area (Å²) in [6.45, 7) is 3.51. The van der Waals surface area contributed by atoms with Crippen LogP contribution in [0.1, 0.15) is 25.0 Å². The Labute approximate surface area is 205 Å². The largest absolute Gasteiger partial charge is 0.374 e. The average molecular weight is 509 g/mol. The van der Waals surface area contributed by atoms with Crippen LogP contribution in [0, 0.1) is 0 Å². The number of aliphatic hydroxyl groups is 1. The van der Waals surface area contributed by atoms with E-state index in [0.717, 1.165) is 11.1 Å². The van der Waals surface area contributed by atoms with Crippen LogP contribution in [0.5, 0.6) is 0 Å². The van der Waals surface area contributed by atoms with Crippen LogP contribution >= 0.6 is 7.60 Å². The van der Waals surface area contributed by atoms with Gasteiger partial charge in [-0.2, -0.15) is 0 Å². The minimum atomic E-state index is -4.16. The molecular formula is C25H33O9P. The highest BCUT2D eigenvalue weighted by molar-refractivity contribution is 7.55. The van der Waals surface area contributed by atoms with Gasteiger partial charge in [0.05, 0.1) is 19.8 Å². The van der Waals surface area contributed by atoms with E-state index in [2.05, 4.69) is 0 Å². The number of benzene rings is 2. The number of ether oxygens (including phenoxy) is 5. The highest BCUT2D eigenvalue weighted by Crippen LogP contribution is 2.62. The summed E-state index contributed by atoms with van der Waals surface area (Å²) in [5, 5.41) is 9.69. The number of hydrogen-bond donors (Lipinski definition) is 1. The summed E-state index contributed by atoms with van der Waals surface area (Å²) in [4.78, 5) is 0. The lowest BCUT2D eigenvalue weighted by Gasteiger charge is -2.39. The minimum absolute atomic E-state index is 0.172. The second-order valence-corrected chi connectivity index (χ2v) is 11.5. The van der Waals surface area contributed by atoms with Gasteiger partial charge in [-0.3, -0.25) is 4.57 Å². The molecule has 0 aliphatic carbocycles. The van der Waals surface area contributed by atoms with Crippen molar-refractivity contribution < 1.29 is 42.4 Å². The van der Waals surface area contributed by atoms with Crippen molar-refractivity contribution in [1.29, 1.82) is 0 Å². The first-order valence-electron chi connectivity index (χ1n) is 11.4. The molecule has 0 saturated carbocycles. The van der Waals surface area contributed by atoms with Crippen molar-refractivity contribution in [3.05, 3.63) is 71.8 Å². The van der Waals surface area contributed by atoms with Crippen LogP contribution in [0.2, 0.25) is 0 Å². The highest BCUT2D eigenvalue weighted by Gasteiger charge is 2.67. The first kappa shape index (κ1) is 26.4. The van der Waals surface area contributed by atoms with Gasteiger partial charge in [-0.25, -0.2) is 0 Å². The Morgan fingerprint density at radius 3 is 2.09 bits per heavy atom. The molecule has 1 N–H and O–H groups in total. The van der Waals surface area contributed by atoms with Gasteiger partial charge in [0.25, 0.3) is 0 Å². The zero-order valence-electron chi connectivity index (χ0n) is 20.4. The number of hydrogen-bond acceptors (Lipinski definition) is 9. The van der Waals surface area contributed by atoms with Crippen LogP contribution < -0.4 is 0 Å². The van der Waals surface area contributed by atoms with Gasteiger partial charge in [-0.1, -0.05) is 60.7 Å². The number of rotatable bonds is 11. The molecule has 0 radical (unpaired) electrons. The lowest BCUT2D eigenvalue weighted by molar-refractivity contribution is -0.240. The Morgan fingerprint density at radius 2 is 1.51 bits per heavy atom. The van der Waals surface area contributed by atoms with Gasteiger partial charge in [0.15, 0.2) is 12.1 Å². The second kappa shape index (κ2) is 10.8. The van der Waals surface area contributed by atoms with Gasteiger partial charge < -0.3 is 37.8 Å². The molecule has 9 nitrogen and oxygen atoms in total. The topological polar surface area (TPSA) is 102 Å². The van der Waals surface area contributed by atoms with Gasteiger partial charge in [0, 0.05) is 14.2 Å². The third-order valence-electron chi connectivity index (χ3n) is 6.11. The van der Waals surface area contributed by atoms with Crippen molar-refractivity contribution >= 4 is 7.60 Å². The van der Waals surface area contributed by atoms with E-state index in [4.69, 9.17) is 32.7 Å². The first-order valence-corrected chi connectivity index (χ1v) is 13.0. The molecule has 0 spiro atoms. The number of fused-ring (bicyclic) bond motifs is 1. The van der Waals surface area contributed by atoms with Crippen LogP contribution in [0.4, 0.5) is 0 Å². The van der Waals surface area contributed by atoms with Crippen LogP contribution in [0.15, 0.2) is 60.7 Å².